The van der Waals surface area contributed by atoms with Crippen molar-refractivity contribution in [3.63, 3.8) is 0 Å². The molecule has 3 aromatic rings. The maximum Gasteiger partial charge on any atom is 0.257 e. The van der Waals surface area contributed by atoms with Crippen LogP contribution in [0.2, 0.25) is 0 Å². The number of rotatable bonds is 10. The van der Waals surface area contributed by atoms with E-state index in [4.69, 9.17) is 4.74 Å². The highest BCUT2D eigenvalue weighted by Crippen LogP contribution is 2.30. The molecule has 3 atom stereocenters. The van der Waals surface area contributed by atoms with Crippen LogP contribution in [0.15, 0.2) is 65.8 Å². The molecule has 1 saturated heterocycles. The lowest BCUT2D eigenvalue weighted by molar-refractivity contribution is -0.122. The average Bonchev–Trinajstić information content (AvgIpc) is 3.56. The summed E-state index contributed by atoms with van der Waals surface area (Å²) in [7, 11) is 0. The van der Waals surface area contributed by atoms with Gasteiger partial charge in [0.15, 0.2) is 0 Å². The number of nitrogens with zero attached hydrogens (tertiary/aromatic N) is 3. The number of hydrogen-bond donors (Lipinski definition) is 3. The fourth-order valence-electron chi connectivity index (χ4n) is 6.85. The van der Waals surface area contributed by atoms with E-state index in [0.29, 0.717) is 36.4 Å². The predicted octanol–water partition coefficient (Wildman–Crippen LogP) is 5.94. The molecule has 254 valence electrons. The van der Waals surface area contributed by atoms with Crippen LogP contribution in [0.3, 0.4) is 0 Å². The molecule has 1 unspecified atom stereocenters. The molecule has 2 aromatic carbocycles. The van der Waals surface area contributed by atoms with Crippen LogP contribution >= 0.6 is 11.8 Å². The van der Waals surface area contributed by atoms with E-state index in [9.17, 15) is 14.0 Å². The van der Waals surface area contributed by atoms with Crippen molar-refractivity contribution in [1.29, 1.82) is 0 Å². The molecule has 0 radical (unpaired) electrons. The molecule has 3 aliphatic rings. The SMILES string of the molecule is CCC1=NC(C(=O)N[C@H]2CC[C@@H](NC(=O)c3cc(F)cnc3Oc3cccc(-c4ccc(CN5C[C@@H](C)N[C@@H](C)C5)cc4)c3)CC2)CS1. The number of carbonyl (C=O) groups excluding carboxylic acids is 2. The Hall–Kier alpha value is -3.80. The van der Waals surface area contributed by atoms with Crippen LogP contribution in [-0.2, 0) is 11.3 Å². The number of amides is 2. The summed E-state index contributed by atoms with van der Waals surface area (Å²) in [4.78, 5) is 37.2. The quantitative estimate of drug-likeness (QED) is 0.245. The third kappa shape index (κ3) is 8.80. The van der Waals surface area contributed by atoms with Crippen LogP contribution in [0.25, 0.3) is 11.1 Å². The topological polar surface area (TPSA) is 108 Å². The molecule has 3 heterocycles. The average molecular weight is 673 g/mol. The second-order valence-electron chi connectivity index (χ2n) is 13.2. The van der Waals surface area contributed by atoms with Gasteiger partial charge in [-0.25, -0.2) is 9.37 Å². The minimum atomic E-state index is -0.614. The Kier molecular flexibility index (Phi) is 11.1. The van der Waals surface area contributed by atoms with Crippen LogP contribution in [0, 0.1) is 5.82 Å². The third-order valence-corrected chi connectivity index (χ3v) is 10.4. The zero-order chi connectivity index (χ0) is 33.6. The van der Waals surface area contributed by atoms with Gasteiger partial charge in [-0.15, -0.1) is 11.8 Å². The first kappa shape index (κ1) is 34.1. The first-order valence-electron chi connectivity index (χ1n) is 17.0. The minimum Gasteiger partial charge on any atom is -0.438 e. The van der Waals surface area contributed by atoms with Gasteiger partial charge in [-0.3, -0.25) is 19.5 Å². The van der Waals surface area contributed by atoms with Crippen LogP contribution in [-0.4, -0.2) is 75.8 Å². The van der Waals surface area contributed by atoms with Gasteiger partial charge in [-0.1, -0.05) is 43.3 Å². The molecule has 2 amide bonds. The molecule has 0 spiro atoms. The second kappa shape index (κ2) is 15.6. The van der Waals surface area contributed by atoms with Crippen LogP contribution in [0.1, 0.15) is 68.8 Å². The Morgan fingerprint density at radius 1 is 0.979 bits per heavy atom. The van der Waals surface area contributed by atoms with E-state index >= 15 is 0 Å². The van der Waals surface area contributed by atoms with Crippen molar-refractivity contribution < 1.29 is 18.7 Å². The number of aromatic nitrogens is 1. The zero-order valence-corrected chi connectivity index (χ0v) is 28.7. The van der Waals surface area contributed by atoms with Gasteiger partial charge in [0.1, 0.15) is 23.2 Å². The predicted molar refractivity (Wildman–Crippen MR) is 189 cm³/mol. The Morgan fingerprint density at radius 2 is 1.69 bits per heavy atom. The van der Waals surface area contributed by atoms with Crippen molar-refractivity contribution in [3.05, 3.63) is 77.7 Å². The van der Waals surface area contributed by atoms with Gasteiger partial charge < -0.3 is 20.7 Å². The normalized spacial score (nSPS) is 24.5. The van der Waals surface area contributed by atoms with Crippen molar-refractivity contribution in [1.82, 2.24) is 25.8 Å². The molecule has 1 saturated carbocycles. The summed E-state index contributed by atoms with van der Waals surface area (Å²) in [5, 5.41) is 10.8. The van der Waals surface area contributed by atoms with Gasteiger partial charge >= 0.3 is 0 Å². The third-order valence-electron chi connectivity index (χ3n) is 9.16. The number of halogens is 1. The summed E-state index contributed by atoms with van der Waals surface area (Å²) in [6.07, 6.45) is 4.80. The smallest absolute Gasteiger partial charge is 0.257 e. The molecule has 2 fully saturated rings. The fraction of sp³-hybridized carbons (Fsp3) is 0.459. The maximum absolute atomic E-state index is 14.3. The molecule has 3 N–H and O–H groups in total. The monoisotopic (exact) mass is 672 g/mol. The number of pyridine rings is 1. The molecular weight excluding hydrogens is 628 g/mol. The van der Waals surface area contributed by atoms with Crippen molar-refractivity contribution in [2.45, 2.75) is 89.6 Å². The Balaban J connectivity index is 1.05. The first-order valence-corrected chi connectivity index (χ1v) is 18.0. The maximum atomic E-state index is 14.3. The molecule has 2 aliphatic heterocycles. The highest BCUT2D eigenvalue weighted by molar-refractivity contribution is 8.14. The molecule has 9 nitrogen and oxygen atoms in total. The lowest BCUT2D eigenvalue weighted by atomic mass is 9.90. The molecule has 1 aromatic heterocycles. The standard InChI is InChI=1S/C37H45FN6O3S/c1-4-34-43-33(22-48-34)36(46)42-30-14-12-29(13-15-30)41-35(45)32-17-28(38)18-39-37(32)47-31-7-5-6-27(16-31)26-10-8-25(9-11-26)21-44-19-23(2)40-24(3)20-44/h5-11,16-18,23-24,29-30,33,40H,4,12-15,19-22H2,1-3H3,(H,41,45)(H,42,46)/t23-,24+,29-,30+,33?. The molecule has 6 rings (SSSR count). The molecule has 11 heteroatoms. The van der Waals surface area contributed by atoms with Gasteiger partial charge in [-0.05, 0) is 80.8 Å². The number of hydrogen-bond acceptors (Lipinski definition) is 8. The largest absolute Gasteiger partial charge is 0.438 e. The van der Waals surface area contributed by atoms with Crippen molar-refractivity contribution >= 4 is 28.6 Å². The zero-order valence-electron chi connectivity index (χ0n) is 27.9. The fourth-order valence-corrected chi connectivity index (χ4v) is 7.83. The highest BCUT2D eigenvalue weighted by Gasteiger charge is 2.29. The number of carbonyl (C=O) groups is 2. The number of piperazine rings is 1. The number of benzene rings is 2. The number of ether oxygens (including phenoxy) is 1. The summed E-state index contributed by atoms with van der Waals surface area (Å²) < 4.78 is 20.4. The summed E-state index contributed by atoms with van der Waals surface area (Å²) in [5.74, 6) is 0.164. The minimum absolute atomic E-state index is 0.0256. The van der Waals surface area contributed by atoms with E-state index < -0.39 is 11.7 Å². The van der Waals surface area contributed by atoms with Gasteiger partial charge in [0.25, 0.3) is 5.91 Å². The number of aliphatic imine (C=N–C) groups is 1. The second-order valence-corrected chi connectivity index (χ2v) is 14.3. The van der Waals surface area contributed by atoms with Crippen molar-refractivity contribution in [2.24, 2.45) is 4.99 Å². The highest BCUT2D eigenvalue weighted by atomic mass is 32.2. The summed E-state index contributed by atoms with van der Waals surface area (Å²) in [6, 6.07) is 17.9. The van der Waals surface area contributed by atoms with Gasteiger partial charge in [-0.2, -0.15) is 0 Å². The van der Waals surface area contributed by atoms with Crippen molar-refractivity contribution in [2.75, 3.05) is 18.8 Å². The Labute approximate surface area is 286 Å². The number of thioether (sulfide) groups is 1. The lowest BCUT2D eigenvalue weighted by Crippen LogP contribution is -2.53. The van der Waals surface area contributed by atoms with Crippen LogP contribution in [0.4, 0.5) is 4.39 Å². The summed E-state index contributed by atoms with van der Waals surface area (Å²) >= 11 is 1.65. The summed E-state index contributed by atoms with van der Waals surface area (Å²) in [6.45, 7) is 9.46. The molecule has 48 heavy (non-hydrogen) atoms. The lowest BCUT2D eigenvalue weighted by Gasteiger charge is -2.36. The van der Waals surface area contributed by atoms with E-state index in [2.05, 4.69) is 68.9 Å². The van der Waals surface area contributed by atoms with Crippen LogP contribution in [0.5, 0.6) is 11.6 Å². The van der Waals surface area contributed by atoms with Crippen LogP contribution < -0.4 is 20.7 Å². The Morgan fingerprint density at radius 3 is 2.38 bits per heavy atom. The summed E-state index contributed by atoms with van der Waals surface area (Å²) in [5.41, 5.74) is 3.31. The van der Waals surface area contributed by atoms with Gasteiger partial charge in [0.05, 0.1) is 11.2 Å². The Bertz CT molecular complexity index is 1620. The number of nitrogens with one attached hydrogen (secondary N) is 3. The van der Waals surface area contributed by atoms with E-state index in [1.54, 1.807) is 17.8 Å². The van der Waals surface area contributed by atoms with E-state index in [1.807, 2.05) is 25.1 Å². The van der Waals surface area contributed by atoms with E-state index in [1.165, 1.54) is 5.56 Å². The molecular formula is C37H45FN6O3S. The van der Waals surface area contributed by atoms with Crippen molar-refractivity contribution in [3.8, 4) is 22.8 Å². The first-order chi connectivity index (χ1) is 23.2. The van der Waals surface area contributed by atoms with E-state index in [0.717, 1.165) is 67.3 Å². The molecule has 0 bridgehead atoms. The van der Waals surface area contributed by atoms with E-state index in [-0.39, 0.29) is 35.5 Å². The molecule has 1 aliphatic carbocycles. The van der Waals surface area contributed by atoms with Gasteiger partial charge in [0, 0.05) is 49.6 Å². The van der Waals surface area contributed by atoms with Gasteiger partial charge in [0.2, 0.25) is 11.8 Å².